The maximum absolute atomic E-state index is 14.2. The number of anilines is 1. The number of hydrogen-bond acceptors (Lipinski definition) is 4. The van der Waals surface area contributed by atoms with Crippen LogP contribution in [0.25, 0.3) is 6.08 Å². The highest BCUT2D eigenvalue weighted by Crippen LogP contribution is 2.26. The summed E-state index contributed by atoms with van der Waals surface area (Å²) in [5.74, 6) is -2.37. The second kappa shape index (κ2) is 8.14. The second-order valence-electron chi connectivity index (χ2n) is 5.92. The summed E-state index contributed by atoms with van der Waals surface area (Å²) in [5, 5.41) is 3.03. The zero-order valence-electron chi connectivity index (χ0n) is 14.1. The summed E-state index contributed by atoms with van der Waals surface area (Å²) in [5.41, 5.74) is 1.49. The Labute approximate surface area is 159 Å². The molecule has 1 aliphatic heterocycles. The lowest BCUT2D eigenvalue weighted by Crippen LogP contribution is -2.21. The topological polar surface area (TPSA) is 72.5 Å². The van der Waals surface area contributed by atoms with Gasteiger partial charge in [0.2, 0.25) is 11.7 Å². The van der Waals surface area contributed by atoms with E-state index in [1.807, 2.05) is 0 Å². The van der Waals surface area contributed by atoms with Crippen LogP contribution in [0.2, 0.25) is 5.02 Å². The van der Waals surface area contributed by atoms with Crippen molar-refractivity contribution < 1.29 is 23.5 Å². The largest absolute Gasteiger partial charge is 0.454 e. The fourth-order valence-corrected chi connectivity index (χ4v) is 2.85. The number of halogens is 2. The average Bonchev–Trinajstić information content (AvgIpc) is 2.64. The van der Waals surface area contributed by atoms with Crippen molar-refractivity contribution in [2.75, 3.05) is 11.9 Å². The van der Waals surface area contributed by atoms with Crippen LogP contribution in [-0.2, 0) is 20.7 Å². The SMILES string of the molecule is O=C1CCc2cc(C(=O)COC(=O)C=Cc3ccccc3Cl)c(F)cc2N1. The van der Waals surface area contributed by atoms with E-state index in [-0.39, 0.29) is 17.9 Å². The van der Waals surface area contributed by atoms with Gasteiger partial charge in [0.05, 0.1) is 5.56 Å². The Bertz CT molecular complexity index is 955. The maximum Gasteiger partial charge on any atom is 0.331 e. The van der Waals surface area contributed by atoms with Gasteiger partial charge in [-0.05, 0) is 41.8 Å². The molecular weight excluding hydrogens is 373 g/mol. The summed E-state index contributed by atoms with van der Waals surface area (Å²) in [6, 6.07) is 9.42. The van der Waals surface area contributed by atoms with Crippen LogP contribution in [0.3, 0.4) is 0 Å². The van der Waals surface area contributed by atoms with Crippen molar-refractivity contribution >= 4 is 41.0 Å². The molecule has 0 saturated carbocycles. The minimum absolute atomic E-state index is 0.173. The van der Waals surface area contributed by atoms with Crippen molar-refractivity contribution in [1.29, 1.82) is 0 Å². The number of esters is 1. The minimum atomic E-state index is -0.774. The summed E-state index contributed by atoms with van der Waals surface area (Å²) in [4.78, 5) is 35.3. The van der Waals surface area contributed by atoms with Crippen LogP contribution in [0.5, 0.6) is 0 Å². The maximum atomic E-state index is 14.2. The summed E-state index contributed by atoms with van der Waals surface area (Å²) >= 11 is 5.97. The number of hydrogen-bond donors (Lipinski definition) is 1. The van der Waals surface area contributed by atoms with Gasteiger partial charge in [-0.1, -0.05) is 29.8 Å². The number of carbonyl (C=O) groups is 3. The van der Waals surface area contributed by atoms with Gasteiger partial charge in [0.1, 0.15) is 5.82 Å². The molecule has 5 nitrogen and oxygen atoms in total. The molecule has 0 atom stereocenters. The molecule has 0 aromatic heterocycles. The number of Topliss-reactive ketones (excluding diaryl/α,β-unsaturated/α-hetero) is 1. The number of nitrogens with one attached hydrogen (secondary N) is 1. The first-order valence-electron chi connectivity index (χ1n) is 8.19. The zero-order valence-corrected chi connectivity index (χ0v) is 14.9. The van der Waals surface area contributed by atoms with E-state index in [0.29, 0.717) is 28.3 Å². The lowest BCUT2D eigenvalue weighted by Gasteiger charge is -2.17. The predicted octanol–water partition coefficient (Wildman–Crippen LogP) is 3.80. The Morgan fingerprint density at radius 1 is 1.22 bits per heavy atom. The van der Waals surface area contributed by atoms with Gasteiger partial charge in [0, 0.05) is 23.2 Å². The molecule has 138 valence electrons. The molecule has 2 aromatic carbocycles. The molecule has 1 N–H and O–H groups in total. The van der Waals surface area contributed by atoms with Crippen molar-refractivity contribution in [2.45, 2.75) is 12.8 Å². The molecule has 27 heavy (non-hydrogen) atoms. The highest BCUT2D eigenvalue weighted by Gasteiger charge is 2.21. The fraction of sp³-hybridized carbons (Fsp3) is 0.150. The second-order valence-corrected chi connectivity index (χ2v) is 6.33. The Morgan fingerprint density at radius 2 is 2.00 bits per heavy atom. The number of fused-ring (bicyclic) bond motifs is 1. The van der Waals surface area contributed by atoms with E-state index in [4.69, 9.17) is 16.3 Å². The van der Waals surface area contributed by atoms with Gasteiger partial charge in [-0.3, -0.25) is 9.59 Å². The first-order valence-corrected chi connectivity index (χ1v) is 8.56. The molecular formula is C20H15ClFNO4. The van der Waals surface area contributed by atoms with Gasteiger partial charge in [-0.25, -0.2) is 9.18 Å². The van der Waals surface area contributed by atoms with Crippen molar-refractivity contribution in [2.24, 2.45) is 0 Å². The Balaban J connectivity index is 1.63. The van der Waals surface area contributed by atoms with E-state index in [0.717, 1.165) is 12.1 Å². The van der Waals surface area contributed by atoms with Gasteiger partial charge >= 0.3 is 5.97 Å². The zero-order chi connectivity index (χ0) is 19.4. The monoisotopic (exact) mass is 387 g/mol. The first kappa shape index (κ1) is 18.8. The first-order chi connectivity index (χ1) is 12.9. The number of benzene rings is 2. The lowest BCUT2D eigenvalue weighted by atomic mass is 9.98. The number of rotatable bonds is 5. The van der Waals surface area contributed by atoms with Crippen LogP contribution in [0.1, 0.15) is 27.9 Å². The predicted molar refractivity (Wildman–Crippen MR) is 99.1 cm³/mol. The lowest BCUT2D eigenvalue weighted by molar-refractivity contribution is -0.136. The van der Waals surface area contributed by atoms with Crippen molar-refractivity contribution in [3.63, 3.8) is 0 Å². The van der Waals surface area contributed by atoms with Crippen LogP contribution in [0.15, 0.2) is 42.5 Å². The molecule has 0 fully saturated rings. The number of amides is 1. The normalized spacial score (nSPS) is 13.2. The third-order valence-corrected chi connectivity index (χ3v) is 4.38. The highest BCUT2D eigenvalue weighted by atomic mass is 35.5. The molecule has 0 radical (unpaired) electrons. The molecule has 0 bridgehead atoms. The van der Waals surface area contributed by atoms with Crippen molar-refractivity contribution in [3.05, 3.63) is 70.0 Å². The van der Waals surface area contributed by atoms with E-state index < -0.39 is 24.2 Å². The van der Waals surface area contributed by atoms with Crippen molar-refractivity contribution in [3.8, 4) is 0 Å². The highest BCUT2D eigenvalue weighted by molar-refractivity contribution is 6.32. The van der Waals surface area contributed by atoms with Gasteiger partial charge in [-0.2, -0.15) is 0 Å². The molecule has 0 saturated heterocycles. The van der Waals surface area contributed by atoms with E-state index >= 15 is 0 Å². The van der Waals surface area contributed by atoms with Gasteiger partial charge in [0.15, 0.2) is 6.61 Å². The molecule has 1 heterocycles. The van der Waals surface area contributed by atoms with E-state index in [1.165, 1.54) is 12.1 Å². The molecule has 1 amide bonds. The van der Waals surface area contributed by atoms with Crippen LogP contribution >= 0.6 is 11.6 Å². The van der Waals surface area contributed by atoms with Crippen LogP contribution in [0, 0.1) is 5.82 Å². The van der Waals surface area contributed by atoms with Gasteiger partial charge in [0.25, 0.3) is 0 Å². The number of carbonyl (C=O) groups excluding carboxylic acids is 3. The fourth-order valence-electron chi connectivity index (χ4n) is 2.65. The smallest absolute Gasteiger partial charge is 0.331 e. The minimum Gasteiger partial charge on any atom is -0.454 e. The standard InChI is InChI=1S/C20H15ClFNO4/c21-15-4-2-1-3-12(15)6-8-20(26)27-11-18(24)14-9-13-5-7-19(25)23-17(13)10-16(14)22/h1-4,6,8-10H,5,7,11H2,(H,23,25). The van der Waals surface area contributed by atoms with Crippen LogP contribution in [-0.4, -0.2) is 24.3 Å². The van der Waals surface area contributed by atoms with E-state index in [1.54, 1.807) is 24.3 Å². The molecule has 0 unspecified atom stereocenters. The molecule has 0 spiro atoms. The van der Waals surface area contributed by atoms with Gasteiger partial charge in [-0.15, -0.1) is 0 Å². The molecule has 0 aliphatic carbocycles. The summed E-state index contributed by atoms with van der Waals surface area (Å²) < 4.78 is 19.0. The van der Waals surface area contributed by atoms with E-state index in [9.17, 15) is 18.8 Å². The van der Waals surface area contributed by atoms with Crippen LogP contribution in [0.4, 0.5) is 10.1 Å². The van der Waals surface area contributed by atoms with Gasteiger partial charge < -0.3 is 10.1 Å². The Morgan fingerprint density at radius 3 is 2.78 bits per heavy atom. The quantitative estimate of drug-likeness (QED) is 0.481. The van der Waals surface area contributed by atoms with Crippen LogP contribution < -0.4 is 5.32 Å². The number of ketones is 1. The molecule has 7 heteroatoms. The van der Waals surface area contributed by atoms with E-state index in [2.05, 4.69) is 5.32 Å². The Kier molecular flexibility index (Phi) is 5.66. The Hall–Kier alpha value is -2.99. The molecule has 2 aromatic rings. The third-order valence-electron chi connectivity index (χ3n) is 4.04. The number of aryl methyl sites for hydroxylation is 1. The summed E-state index contributed by atoms with van der Waals surface area (Å²) in [6.45, 7) is -0.590. The third kappa shape index (κ3) is 4.60. The summed E-state index contributed by atoms with van der Waals surface area (Å²) in [6.07, 6.45) is 3.31. The number of ether oxygens (including phenoxy) is 1. The molecule has 3 rings (SSSR count). The average molecular weight is 388 g/mol. The molecule has 1 aliphatic rings. The summed E-state index contributed by atoms with van der Waals surface area (Å²) in [7, 11) is 0. The van der Waals surface area contributed by atoms with Crippen molar-refractivity contribution in [1.82, 2.24) is 0 Å².